The van der Waals surface area contributed by atoms with Gasteiger partial charge in [0.1, 0.15) is 0 Å². The predicted molar refractivity (Wildman–Crippen MR) is 75.6 cm³/mol. The Bertz CT molecular complexity index is 611. The standard InChI is InChI=1S/C16H18F2N2/c1-10-7-8-13(11(2)20-10)15(19-3)9-12-5-4-6-14(17)16(12)18/h4-8,15,19H,9H2,1-3H3. The Morgan fingerprint density at radius 3 is 2.55 bits per heavy atom. The second-order valence-electron chi connectivity index (χ2n) is 4.89. The third kappa shape index (κ3) is 3.02. The number of aromatic nitrogens is 1. The van der Waals surface area contributed by atoms with Crippen molar-refractivity contribution in [3.05, 3.63) is 64.5 Å². The van der Waals surface area contributed by atoms with Crippen LogP contribution in [-0.2, 0) is 6.42 Å². The van der Waals surface area contributed by atoms with E-state index in [2.05, 4.69) is 10.3 Å². The zero-order valence-electron chi connectivity index (χ0n) is 11.9. The van der Waals surface area contributed by atoms with Crippen LogP contribution in [0.2, 0.25) is 0 Å². The maximum absolute atomic E-state index is 13.8. The molecule has 0 aliphatic heterocycles. The van der Waals surface area contributed by atoms with Crippen molar-refractivity contribution in [3.63, 3.8) is 0 Å². The fraction of sp³-hybridized carbons (Fsp3) is 0.312. The van der Waals surface area contributed by atoms with Gasteiger partial charge in [0.15, 0.2) is 11.6 Å². The Kier molecular flexibility index (Phi) is 4.45. The van der Waals surface area contributed by atoms with Crippen LogP contribution in [0.3, 0.4) is 0 Å². The average Bonchev–Trinajstić information content (AvgIpc) is 2.41. The second kappa shape index (κ2) is 6.09. The summed E-state index contributed by atoms with van der Waals surface area (Å²) in [6.45, 7) is 3.85. The topological polar surface area (TPSA) is 24.9 Å². The van der Waals surface area contributed by atoms with Crippen LogP contribution in [0, 0.1) is 25.5 Å². The lowest BCUT2D eigenvalue weighted by molar-refractivity contribution is 0.486. The first-order valence-electron chi connectivity index (χ1n) is 6.57. The highest BCUT2D eigenvalue weighted by Gasteiger charge is 2.17. The summed E-state index contributed by atoms with van der Waals surface area (Å²) in [5.74, 6) is -1.58. The quantitative estimate of drug-likeness (QED) is 0.924. The predicted octanol–water partition coefficient (Wildman–Crippen LogP) is 3.48. The minimum atomic E-state index is -0.809. The average molecular weight is 276 g/mol. The zero-order valence-corrected chi connectivity index (χ0v) is 11.9. The summed E-state index contributed by atoms with van der Waals surface area (Å²) in [6.07, 6.45) is 0.381. The normalized spacial score (nSPS) is 12.4. The van der Waals surface area contributed by atoms with Gasteiger partial charge in [0.2, 0.25) is 0 Å². The number of aryl methyl sites for hydroxylation is 2. The lowest BCUT2D eigenvalue weighted by Gasteiger charge is -2.19. The molecule has 4 heteroatoms. The van der Waals surface area contributed by atoms with Gasteiger partial charge < -0.3 is 5.32 Å². The molecule has 2 rings (SSSR count). The fourth-order valence-electron chi connectivity index (χ4n) is 2.36. The second-order valence-corrected chi connectivity index (χ2v) is 4.89. The van der Waals surface area contributed by atoms with Gasteiger partial charge >= 0.3 is 0 Å². The first kappa shape index (κ1) is 14.6. The van der Waals surface area contributed by atoms with Gasteiger partial charge in [0.25, 0.3) is 0 Å². The number of hydrogen-bond acceptors (Lipinski definition) is 2. The van der Waals surface area contributed by atoms with E-state index < -0.39 is 11.6 Å². The Labute approximate surface area is 117 Å². The van der Waals surface area contributed by atoms with E-state index in [1.807, 2.05) is 26.0 Å². The van der Waals surface area contributed by atoms with Crippen molar-refractivity contribution in [2.45, 2.75) is 26.3 Å². The van der Waals surface area contributed by atoms with Crippen molar-refractivity contribution in [1.82, 2.24) is 10.3 Å². The number of nitrogens with zero attached hydrogens (tertiary/aromatic N) is 1. The van der Waals surface area contributed by atoms with Gasteiger partial charge in [-0.25, -0.2) is 8.78 Å². The molecule has 0 bridgehead atoms. The molecule has 0 saturated carbocycles. The highest BCUT2D eigenvalue weighted by Crippen LogP contribution is 2.23. The lowest BCUT2D eigenvalue weighted by Crippen LogP contribution is -2.21. The Hall–Kier alpha value is -1.81. The summed E-state index contributed by atoms with van der Waals surface area (Å²) in [4.78, 5) is 4.42. The zero-order chi connectivity index (χ0) is 14.7. The van der Waals surface area contributed by atoms with E-state index in [0.717, 1.165) is 23.0 Å². The van der Waals surface area contributed by atoms with Crippen LogP contribution in [0.25, 0.3) is 0 Å². The summed E-state index contributed by atoms with van der Waals surface area (Å²) in [5.41, 5.74) is 3.21. The van der Waals surface area contributed by atoms with E-state index in [9.17, 15) is 8.78 Å². The first-order valence-corrected chi connectivity index (χ1v) is 6.57. The molecule has 0 radical (unpaired) electrons. The minimum absolute atomic E-state index is 0.0978. The third-order valence-electron chi connectivity index (χ3n) is 3.45. The Morgan fingerprint density at radius 1 is 1.15 bits per heavy atom. The summed E-state index contributed by atoms with van der Waals surface area (Å²) in [6, 6.07) is 8.08. The number of halogens is 2. The van der Waals surface area contributed by atoms with Crippen LogP contribution >= 0.6 is 0 Å². The van der Waals surface area contributed by atoms with Crippen LogP contribution < -0.4 is 5.32 Å². The largest absolute Gasteiger partial charge is 0.313 e. The molecule has 1 unspecified atom stereocenters. The van der Waals surface area contributed by atoms with Gasteiger partial charge in [-0.1, -0.05) is 18.2 Å². The minimum Gasteiger partial charge on any atom is -0.313 e. The van der Waals surface area contributed by atoms with Gasteiger partial charge in [0.05, 0.1) is 0 Å². The van der Waals surface area contributed by atoms with Crippen LogP contribution in [0.5, 0.6) is 0 Å². The molecular weight excluding hydrogens is 258 g/mol. The number of benzene rings is 1. The molecule has 1 N–H and O–H groups in total. The maximum atomic E-state index is 13.8. The van der Waals surface area contributed by atoms with E-state index in [4.69, 9.17) is 0 Å². The highest BCUT2D eigenvalue weighted by atomic mass is 19.2. The molecule has 0 fully saturated rings. The lowest BCUT2D eigenvalue weighted by atomic mass is 9.97. The van der Waals surface area contributed by atoms with E-state index in [-0.39, 0.29) is 6.04 Å². The summed E-state index contributed by atoms with van der Waals surface area (Å²) in [5, 5.41) is 3.14. The molecular formula is C16H18F2N2. The van der Waals surface area contributed by atoms with Crippen LogP contribution in [0.4, 0.5) is 8.78 Å². The summed E-state index contributed by atoms with van der Waals surface area (Å²) < 4.78 is 27.0. The molecule has 0 amide bonds. The molecule has 1 heterocycles. The molecule has 1 atom stereocenters. The molecule has 0 aliphatic carbocycles. The fourth-order valence-corrected chi connectivity index (χ4v) is 2.36. The number of nitrogens with one attached hydrogen (secondary N) is 1. The summed E-state index contributed by atoms with van der Waals surface area (Å²) in [7, 11) is 1.81. The van der Waals surface area contributed by atoms with Crippen molar-refractivity contribution in [2.24, 2.45) is 0 Å². The monoisotopic (exact) mass is 276 g/mol. The van der Waals surface area contributed by atoms with Crippen LogP contribution in [-0.4, -0.2) is 12.0 Å². The molecule has 2 aromatic rings. The van der Waals surface area contributed by atoms with E-state index in [1.54, 1.807) is 13.1 Å². The van der Waals surface area contributed by atoms with Crippen molar-refractivity contribution in [3.8, 4) is 0 Å². The van der Waals surface area contributed by atoms with Crippen molar-refractivity contribution < 1.29 is 8.78 Å². The smallest absolute Gasteiger partial charge is 0.162 e. The third-order valence-corrected chi connectivity index (χ3v) is 3.45. The van der Waals surface area contributed by atoms with Gasteiger partial charge in [-0.2, -0.15) is 0 Å². The molecule has 106 valence electrons. The highest BCUT2D eigenvalue weighted by molar-refractivity contribution is 5.28. The van der Waals surface area contributed by atoms with Crippen molar-refractivity contribution >= 4 is 0 Å². The molecule has 1 aromatic carbocycles. The summed E-state index contributed by atoms with van der Waals surface area (Å²) >= 11 is 0. The van der Waals surface area contributed by atoms with E-state index >= 15 is 0 Å². The van der Waals surface area contributed by atoms with E-state index in [1.165, 1.54) is 6.07 Å². The molecule has 0 spiro atoms. The maximum Gasteiger partial charge on any atom is 0.162 e. The van der Waals surface area contributed by atoms with Crippen LogP contribution in [0.1, 0.15) is 28.6 Å². The van der Waals surface area contributed by atoms with Gasteiger partial charge in [-0.15, -0.1) is 0 Å². The van der Waals surface area contributed by atoms with Gasteiger partial charge in [-0.05, 0) is 50.6 Å². The molecule has 20 heavy (non-hydrogen) atoms. The van der Waals surface area contributed by atoms with Gasteiger partial charge in [-0.3, -0.25) is 4.98 Å². The number of rotatable bonds is 4. The molecule has 1 aromatic heterocycles. The van der Waals surface area contributed by atoms with Crippen molar-refractivity contribution in [2.75, 3.05) is 7.05 Å². The SMILES string of the molecule is CNC(Cc1cccc(F)c1F)c1ccc(C)nc1C. The van der Waals surface area contributed by atoms with Crippen molar-refractivity contribution in [1.29, 1.82) is 0 Å². The number of likely N-dealkylation sites (N-methyl/N-ethyl adjacent to an activating group) is 1. The molecule has 2 nitrogen and oxygen atoms in total. The number of pyridine rings is 1. The van der Waals surface area contributed by atoms with Gasteiger partial charge in [0, 0.05) is 17.4 Å². The number of hydrogen-bond donors (Lipinski definition) is 1. The Balaban J connectivity index is 2.31. The van der Waals surface area contributed by atoms with Crippen LogP contribution in [0.15, 0.2) is 30.3 Å². The molecule has 0 saturated heterocycles. The molecule has 0 aliphatic rings. The first-order chi connectivity index (χ1) is 9.52. The Morgan fingerprint density at radius 2 is 1.90 bits per heavy atom. The van der Waals surface area contributed by atoms with E-state index in [0.29, 0.717) is 12.0 Å².